The zero-order valence-corrected chi connectivity index (χ0v) is 7.67. The Labute approximate surface area is 80.0 Å². The molecular weight excluding hydrogens is 190 g/mol. The highest BCUT2D eigenvalue weighted by atomic mass is 19.1. The number of nitrogens with zero attached hydrogens (tertiary/aromatic N) is 2. The number of aromatic nitrogens is 1. The molecule has 0 saturated carbocycles. The summed E-state index contributed by atoms with van der Waals surface area (Å²) in [7, 11) is 0. The molecule has 1 N–H and O–H groups in total. The Morgan fingerprint density at radius 1 is 1.50 bits per heavy atom. The maximum atomic E-state index is 13.1. The van der Waals surface area contributed by atoms with Crippen LogP contribution < -0.4 is 4.90 Å². The van der Waals surface area contributed by atoms with E-state index >= 15 is 0 Å². The number of rotatable bonds is 1. The molecule has 0 radical (unpaired) electrons. The van der Waals surface area contributed by atoms with Crippen LogP contribution in [0.1, 0.15) is 6.92 Å². The second-order valence-electron chi connectivity index (χ2n) is 3.81. The van der Waals surface area contributed by atoms with Crippen LogP contribution in [0, 0.1) is 11.6 Å². The average molecular weight is 200 g/mol. The van der Waals surface area contributed by atoms with E-state index in [9.17, 15) is 13.9 Å². The fraction of sp³-hybridized carbons (Fsp3) is 0.444. The van der Waals surface area contributed by atoms with Crippen molar-refractivity contribution in [3.8, 4) is 0 Å². The van der Waals surface area contributed by atoms with Crippen LogP contribution in [0.3, 0.4) is 0 Å². The molecule has 76 valence electrons. The third-order valence-electron chi connectivity index (χ3n) is 2.15. The van der Waals surface area contributed by atoms with Crippen LogP contribution in [-0.4, -0.2) is 28.8 Å². The Morgan fingerprint density at radius 3 is 2.64 bits per heavy atom. The average Bonchev–Trinajstić information content (AvgIpc) is 2.00. The number of hydrogen-bond acceptors (Lipinski definition) is 3. The SMILES string of the molecule is CC1(O)CN(c2ncc(F)cc2F)C1. The van der Waals surface area contributed by atoms with Crippen molar-refractivity contribution in [2.75, 3.05) is 18.0 Å². The first-order valence-electron chi connectivity index (χ1n) is 4.26. The monoisotopic (exact) mass is 200 g/mol. The molecule has 0 spiro atoms. The van der Waals surface area contributed by atoms with Crippen LogP contribution in [-0.2, 0) is 0 Å². The smallest absolute Gasteiger partial charge is 0.168 e. The third kappa shape index (κ3) is 1.55. The van der Waals surface area contributed by atoms with E-state index in [0.717, 1.165) is 12.3 Å². The number of hydrogen-bond donors (Lipinski definition) is 1. The summed E-state index contributed by atoms with van der Waals surface area (Å²) >= 11 is 0. The summed E-state index contributed by atoms with van der Waals surface area (Å²) in [5, 5.41) is 9.42. The summed E-state index contributed by atoms with van der Waals surface area (Å²) in [4.78, 5) is 5.19. The van der Waals surface area contributed by atoms with Gasteiger partial charge < -0.3 is 10.0 Å². The minimum atomic E-state index is -0.789. The Morgan fingerprint density at radius 2 is 2.14 bits per heavy atom. The van der Waals surface area contributed by atoms with Crippen LogP contribution in [0.4, 0.5) is 14.6 Å². The minimum Gasteiger partial charge on any atom is -0.386 e. The van der Waals surface area contributed by atoms with E-state index in [4.69, 9.17) is 0 Å². The number of pyridine rings is 1. The maximum Gasteiger partial charge on any atom is 0.168 e. The standard InChI is InChI=1S/C9H10F2N2O/c1-9(14)4-13(5-9)8-7(11)2-6(10)3-12-8/h2-3,14H,4-5H2,1H3. The first-order chi connectivity index (χ1) is 6.48. The zero-order chi connectivity index (χ0) is 10.3. The number of anilines is 1. The molecule has 0 atom stereocenters. The summed E-state index contributed by atoms with van der Waals surface area (Å²) < 4.78 is 25.7. The number of aliphatic hydroxyl groups is 1. The lowest BCUT2D eigenvalue weighted by molar-refractivity contribution is 0.0301. The molecule has 3 nitrogen and oxygen atoms in total. The van der Waals surface area contributed by atoms with Gasteiger partial charge in [0.15, 0.2) is 11.6 Å². The van der Waals surface area contributed by atoms with Crippen LogP contribution in [0.15, 0.2) is 12.3 Å². The Balaban J connectivity index is 2.19. The predicted molar refractivity (Wildman–Crippen MR) is 47.0 cm³/mol. The van der Waals surface area contributed by atoms with Gasteiger partial charge in [-0.25, -0.2) is 13.8 Å². The van der Waals surface area contributed by atoms with Gasteiger partial charge in [0, 0.05) is 19.2 Å². The minimum absolute atomic E-state index is 0.0953. The van der Waals surface area contributed by atoms with Crippen LogP contribution in [0.25, 0.3) is 0 Å². The molecule has 0 aromatic carbocycles. The molecule has 2 heterocycles. The van der Waals surface area contributed by atoms with Gasteiger partial charge in [-0.1, -0.05) is 0 Å². The summed E-state index contributed by atoms with van der Waals surface area (Å²) in [5.74, 6) is -1.29. The van der Waals surface area contributed by atoms with Gasteiger partial charge in [-0.2, -0.15) is 0 Å². The lowest BCUT2D eigenvalue weighted by Crippen LogP contribution is -2.60. The highest BCUT2D eigenvalue weighted by molar-refractivity contribution is 5.44. The lowest BCUT2D eigenvalue weighted by atomic mass is 9.97. The molecule has 1 aliphatic rings. The molecule has 1 saturated heterocycles. The fourth-order valence-electron chi connectivity index (χ4n) is 1.57. The van der Waals surface area contributed by atoms with E-state index in [1.165, 1.54) is 0 Å². The molecular formula is C9H10F2N2O. The van der Waals surface area contributed by atoms with Gasteiger partial charge in [-0.05, 0) is 6.92 Å². The van der Waals surface area contributed by atoms with Crippen molar-refractivity contribution in [2.24, 2.45) is 0 Å². The van der Waals surface area contributed by atoms with Gasteiger partial charge in [0.2, 0.25) is 0 Å². The van der Waals surface area contributed by atoms with Crippen molar-refractivity contribution >= 4 is 5.82 Å². The highest BCUT2D eigenvalue weighted by Crippen LogP contribution is 2.27. The van der Waals surface area contributed by atoms with Gasteiger partial charge in [-0.3, -0.25) is 0 Å². The molecule has 5 heteroatoms. The van der Waals surface area contributed by atoms with Crippen molar-refractivity contribution in [2.45, 2.75) is 12.5 Å². The molecule has 0 amide bonds. The van der Waals surface area contributed by atoms with E-state index in [-0.39, 0.29) is 5.82 Å². The van der Waals surface area contributed by atoms with Gasteiger partial charge in [-0.15, -0.1) is 0 Å². The van der Waals surface area contributed by atoms with Crippen LogP contribution >= 0.6 is 0 Å². The zero-order valence-electron chi connectivity index (χ0n) is 7.67. The maximum absolute atomic E-state index is 13.1. The number of β-amino-alcohol motifs (C(OH)–C–C–N with tert-alkyl or cyclic N) is 1. The Hall–Kier alpha value is -1.23. The van der Waals surface area contributed by atoms with E-state index in [1.807, 2.05) is 0 Å². The molecule has 2 rings (SSSR count). The fourth-order valence-corrected chi connectivity index (χ4v) is 1.57. The van der Waals surface area contributed by atoms with Crippen molar-refractivity contribution in [3.05, 3.63) is 23.9 Å². The third-order valence-corrected chi connectivity index (χ3v) is 2.15. The van der Waals surface area contributed by atoms with Gasteiger partial charge >= 0.3 is 0 Å². The molecule has 1 fully saturated rings. The predicted octanol–water partition coefficient (Wildman–Crippen LogP) is 0.931. The molecule has 1 aromatic heterocycles. The van der Waals surface area contributed by atoms with E-state index < -0.39 is 17.2 Å². The molecule has 0 unspecified atom stereocenters. The molecule has 14 heavy (non-hydrogen) atoms. The van der Waals surface area contributed by atoms with Crippen LogP contribution in [0.2, 0.25) is 0 Å². The normalized spacial score (nSPS) is 19.3. The molecule has 0 bridgehead atoms. The summed E-state index contributed by atoms with van der Waals surface area (Å²) in [6.07, 6.45) is 0.964. The van der Waals surface area contributed by atoms with Gasteiger partial charge in [0.25, 0.3) is 0 Å². The molecule has 1 aromatic rings. The van der Waals surface area contributed by atoms with E-state index in [2.05, 4.69) is 4.98 Å². The summed E-state index contributed by atoms with van der Waals surface area (Å²) in [6.45, 7) is 2.30. The van der Waals surface area contributed by atoms with Gasteiger partial charge in [0.05, 0.1) is 11.8 Å². The quantitative estimate of drug-likeness (QED) is 0.732. The van der Waals surface area contributed by atoms with Crippen molar-refractivity contribution < 1.29 is 13.9 Å². The number of halogens is 2. The second-order valence-corrected chi connectivity index (χ2v) is 3.81. The van der Waals surface area contributed by atoms with E-state index in [0.29, 0.717) is 13.1 Å². The summed E-state index contributed by atoms with van der Waals surface area (Å²) in [5.41, 5.74) is -0.789. The first kappa shape index (κ1) is 9.33. The van der Waals surface area contributed by atoms with E-state index in [1.54, 1.807) is 11.8 Å². The van der Waals surface area contributed by atoms with Crippen molar-refractivity contribution in [1.29, 1.82) is 0 Å². The second kappa shape index (κ2) is 2.88. The first-order valence-corrected chi connectivity index (χ1v) is 4.26. The highest BCUT2D eigenvalue weighted by Gasteiger charge is 2.38. The lowest BCUT2D eigenvalue weighted by Gasteiger charge is -2.44. The van der Waals surface area contributed by atoms with Crippen molar-refractivity contribution in [3.63, 3.8) is 0 Å². The topological polar surface area (TPSA) is 36.4 Å². The Kier molecular flexibility index (Phi) is 1.92. The summed E-state index contributed by atoms with van der Waals surface area (Å²) in [6, 6.07) is 0.787. The Bertz CT molecular complexity index is 360. The van der Waals surface area contributed by atoms with Crippen molar-refractivity contribution in [1.82, 2.24) is 4.98 Å². The molecule has 1 aliphatic heterocycles. The largest absolute Gasteiger partial charge is 0.386 e. The van der Waals surface area contributed by atoms with Crippen LogP contribution in [0.5, 0.6) is 0 Å². The molecule has 0 aliphatic carbocycles. The van der Waals surface area contributed by atoms with Gasteiger partial charge in [0.1, 0.15) is 5.82 Å².